The van der Waals surface area contributed by atoms with Gasteiger partial charge in [-0.15, -0.1) is 0 Å². The molecule has 0 aliphatic rings. The molecule has 1 atom stereocenters. The van der Waals surface area contributed by atoms with E-state index in [4.69, 9.17) is 5.11 Å². The van der Waals surface area contributed by atoms with E-state index in [-0.39, 0.29) is 6.42 Å². The van der Waals surface area contributed by atoms with Crippen LogP contribution in [0.5, 0.6) is 0 Å². The number of unbranched alkanes of at least 4 members (excludes halogenated alkanes) is 3. The van der Waals surface area contributed by atoms with Crippen molar-refractivity contribution in [3.8, 4) is 0 Å². The van der Waals surface area contributed by atoms with Gasteiger partial charge in [0.15, 0.2) is 0 Å². The molecule has 25 heavy (non-hydrogen) atoms. The van der Waals surface area contributed by atoms with Crippen LogP contribution in [-0.4, -0.2) is 22.3 Å². The topological polar surface area (TPSA) is 57.5 Å². The number of carboxylic acids is 1. The van der Waals surface area contributed by atoms with E-state index in [9.17, 15) is 9.90 Å². The van der Waals surface area contributed by atoms with E-state index in [0.29, 0.717) is 6.42 Å². The zero-order valence-electron chi connectivity index (χ0n) is 15.5. The Hall–Kier alpha value is -1.87. The van der Waals surface area contributed by atoms with Gasteiger partial charge in [0.25, 0.3) is 0 Å². The van der Waals surface area contributed by atoms with Gasteiger partial charge in [0.1, 0.15) is 0 Å². The zero-order chi connectivity index (χ0) is 18.6. The smallest absolute Gasteiger partial charge is 0.303 e. The van der Waals surface area contributed by atoms with Gasteiger partial charge in [-0.25, -0.2) is 0 Å². The van der Waals surface area contributed by atoms with Gasteiger partial charge in [-0.2, -0.15) is 0 Å². The highest BCUT2D eigenvalue weighted by molar-refractivity contribution is 5.66. The fraction of sp³-hybridized carbons (Fsp3) is 0.500. The molecule has 0 saturated heterocycles. The molecule has 0 spiro atoms. The molecule has 0 saturated carbocycles. The van der Waals surface area contributed by atoms with Crippen LogP contribution in [0, 0.1) is 0 Å². The molecule has 0 bridgehead atoms. The molecule has 2 N–H and O–H groups in total. The van der Waals surface area contributed by atoms with Crippen LogP contribution >= 0.6 is 0 Å². The first-order valence-corrected chi connectivity index (χ1v) is 9.35. The van der Waals surface area contributed by atoms with Gasteiger partial charge < -0.3 is 10.2 Å². The van der Waals surface area contributed by atoms with Gasteiger partial charge in [-0.05, 0) is 44.9 Å². The van der Waals surface area contributed by atoms with Crippen molar-refractivity contribution >= 4 is 5.97 Å². The SMILES string of the molecule is CC/C=C\CC(O)/C=C\C=C/C/C=C\C/C=C\CCCCCC(=O)O. The van der Waals surface area contributed by atoms with Gasteiger partial charge in [0, 0.05) is 6.42 Å². The molecule has 0 rings (SSSR count). The van der Waals surface area contributed by atoms with E-state index in [1.165, 1.54) is 0 Å². The fourth-order valence-electron chi connectivity index (χ4n) is 2.11. The number of carbonyl (C=O) groups is 1. The van der Waals surface area contributed by atoms with Crippen LogP contribution in [0.1, 0.15) is 64.7 Å². The molecule has 0 aliphatic carbocycles. The van der Waals surface area contributed by atoms with Gasteiger partial charge in [-0.3, -0.25) is 4.79 Å². The third-order valence-electron chi connectivity index (χ3n) is 3.50. The minimum atomic E-state index is -0.703. The van der Waals surface area contributed by atoms with E-state index in [1.54, 1.807) is 6.08 Å². The van der Waals surface area contributed by atoms with E-state index < -0.39 is 12.1 Å². The van der Waals surface area contributed by atoms with Gasteiger partial charge in [0.2, 0.25) is 0 Å². The van der Waals surface area contributed by atoms with E-state index >= 15 is 0 Å². The Morgan fingerprint density at radius 2 is 1.60 bits per heavy atom. The summed E-state index contributed by atoms with van der Waals surface area (Å²) < 4.78 is 0. The number of hydrogen-bond donors (Lipinski definition) is 2. The standard InChI is InChI=1S/C22H34O3/c1-2-3-15-18-21(23)19-16-13-11-9-7-5-4-6-8-10-12-14-17-20-22(24)25/h3,5-8,11,13,15-16,19,21,23H,2,4,9-10,12,14,17-18,20H2,1H3,(H,24,25)/b7-5-,8-6-,13-11-,15-3-,19-16-. The summed E-state index contributed by atoms with van der Waals surface area (Å²) in [6, 6.07) is 0. The summed E-state index contributed by atoms with van der Waals surface area (Å²) in [4.78, 5) is 10.4. The van der Waals surface area contributed by atoms with Crippen molar-refractivity contribution in [2.75, 3.05) is 0 Å². The van der Waals surface area contributed by atoms with Crippen molar-refractivity contribution in [1.82, 2.24) is 0 Å². The second-order valence-corrected chi connectivity index (χ2v) is 5.90. The Balaban J connectivity index is 3.57. The largest absolute Gasteiger partial charge is 0.481 e. The monoisotopic (exact) mass is 346 g/mol. The maximum Gasteiger partial charge on any atom is 0.303 e. The molecule has 0 aliphatic heterocycles. The Morgan fingerprint density at radius 3 is 2.32 bits per heavy atom. The van der Waals surface area contributed by atoms with Crippen LogP contribution in [0.25, 0.3) is 0 Å². The summed E-state index contributed by atoms with van der Waals surface area (Å²) in [5.74, 6) is -0.703. The number of hydrogen-bond acceptors (Lipinski definition) is 2. The van der Waals surface area contributed by atoms with Crippen LogP contribution in [0.4, 0.5) is 0 Å². The van der Waals surface area contributed by atoms with Gasteiger partial charge in [-0.1, -0.05) is 74.1 Å². The molecular formula is C22H34O3. The van der Waals surface area contributed by atoms with Crippen molar-refractivity contribution in [2.45, 2.75) is 70.8 Å². The summed E-state index contributed by atoms with van der Waals surface area (Å²) in [5, 5.41) is 18.2. The summed E-state index contributed by atoms with van der Waals surface area (Å²) >= 11 is 0. The maximum absolute atomic E-state index is 10.4. The predicted molar refractivity (Wildman–Crippen MR) is 107 cm³/mol. The van der Waals surface area contributed by atoms with Crippen molar-refractivity contribution < 1.29 is 15.0 Å². The fourth-order valence-corrected chi connectivity index (χ4v) is 2.11. The van der Waals surface area contributed by atoms with E-state index in [2.05, 4.69) is 43.4 Å². The normalized spacial score (nSPS) is 14.0. The molecule has 0 heterocycles. The summed E-state index contributed by atoms with van der Waals surface area (Å²) in [6.45, 7) is 2.08. The lowest BCUT2D eigenvalue weighted by Gasteiger charge is -1.98. The lowest BCUT2D eigenvalue weighted by Crippen LogP contribution is -1.98. The summed E-state index contributed by atoms with van der Waals surface area (Å²) in [6.07, 6.45) is 27.6. The predicted octanol–water partition coefficient (Wildman–Crippen LogP) is 5.74. The minimum absolute atomic E-state index is 0.282. The van der Waals surface area contributed by atoms with Crippen molar-refractivity contribution in [2.24, 2.45) is 0 Å². The Bertz CT molecular complexity index is 456. The first-order valence-electron chi connectivity index (χ1n) is 9.35. The highest BCUT2D eigenvalue weighted by Crippen LogP contribution is 2.04. The average Bonchev–Trinajstić information content (AvgIpc) is 2.58. The van der Waals surface area contributed by atoms with E-state index in [0.717, 1.165) is 44.9 Å². The van der Waals surface area contributed by atoms with Gasteiger partial charge in [0.05, 0.1) is 6.10 Å². The molecule has 0 radical (unpaired) electrons. The summed E-state index contributed by atoms with van der Waals surface area (Å²) in [7, 11) is 0. The van der Waals surface area contributed by atoms with Crippen molar-refractivity contribution in [3.63, 3.8) is 0 Å². The Kier molecular flexibility index (Phi) is 17.1. The first-order chi connectivity index (χ1) is 12.2. The highest BCUT2D eigenvalue weighted by Gasteiger charge is 1.94. The van der Waals surface area contributed by atoms with Crippen LogP contribution in [0.15, 0.2) is 60.8 Å². The zero-order valence-corrected chi connectivity index (χ0v) is 15.5. The number of allylic oxidation sites excluding steroid dienone is 8. The van der Waals surface area contributed by atoms with Crippen molar-refractivity contribution in [1.29, 1.82) is 0 Å². The average molecular weight is 347 g/mol. The van der Waals surface area contributed by atoms with Crippen LogP contribution < -0.4 is 0 Å². The minimum Gasteiger partial charge on any atom is -0.481 e. The van der Waals surface area contributed by atoms with E-state index in [1.807, 2.05) is 18.2 Å². The molecule has 140 valence electrons. The molecule has 0 aromatic carbocycles. The van der Waals surface area contributed by atoms with Crippen LogP contribution in [-0.2, 0) is 4.79 Å². The number of carboxylic acid groups (broad SMARTS) is 1. The number of aliphatic carboxylic acids is 1. The van der Waals surface area contributed by atoms with Crippen LogP contribution in [0.2, 0.25) is 0 Å². The molecule has 0 aromatic heterocycles. The van der Waals surface area contributed by atoms with Gasteiger partial charge >= 0.3 is 5.97 Å². The third kappa shape index (κ3) is 20.1. The first kappa shape index (κ1) is 23.1. The molecule has 3 heteroatoms. The highest BCUT2D eigenvalue weighted by atomic mass is 16.4. The second kappa shape index (κ2) is 18.5. The third-order valence-corrected chi connectivity index (χ3v) is 3.50. The maximum atomic E-state index is 10.4. The summed E-state index contributed by atoms with van der Waals surface area (Å²) in [5.41, 5.74) is 0. The van der Waals surface area contributed by atoms with Crippen molar-refractivity contribution in [3.05, 3.63) is 60.8 Å². The molecule has 0 amide bonds. The quantitative estimate of drug-likeness (QED) is 0.226. The van der Waals surface area contributed by atoms with Crippen LogP contribution in [0.3, 0.4) is 0 Å². The number of rotatable bonds is 15. The lowest BCUT2D eigenvalue weighted by molar-refractivity contribution is -0.137. The Morgan fingerprint density at radius 1 is 0.880 bits per heavy atom. The Labute approximate surface area is 153 Å². The molecule has 0 aromatic rings. The molecular weight excluding hydrogens is 312 g/mol. The number of aliphatic hydroxyl groups is 1. The number of aliphatic hydroxyl groups excluding tert-OH is 1. The molecule has 1 unspecified atom stereocenters. The lowest BCUT2D eigenvalue weighted by atomic mass is 10.1. The molecule has 3 nitrogen and oxygen atoms in total. The molecule has 0 fully saturated rings. The second-order valence-electron chi connectivity index (χ2n) is 5.90.